The first-order valence-electron chi connectivity index (χ1n) is 10.5. The Bertz CT molecular complexity index is 609. The SMILES string of the molecule is CC1C2CC3CC1CC(C2)C3(CC(=O)NCCN(C)C)c1ccccc1. The predicted octanol–water partition coefficient (Wildman–Crippen LogP) is 3.69. The van der Waals surface area contributed by atoms with Crippen molar-refractivity contribution in [1.29, 1.82) is 0 Å². The second-order valence-corrected chi connectivity index (χ2v) is 9.45. The van der Waals surface area contributed by atoms with E-state index in [1.807, 2.05) is 0 Å². The zero-order valence-electron chi connectivity index (χ0n) is 16.6. The molecule has 0 heterocycles. The lowest BCUT2D eigenvalue weighted by atomic mass is 9.41. The van der Waals surface area contributed by atoms with Gasteiger partial charge in [0.2, 0.25) is 5.91 Å². The smallest absolute Gasteiger partial charge is 0.220 e. The van der Waals surface area contributed by atoms with Gasteiger partial charge in [-0.05, 0) is 74.9 Å². The van der Waals surface area contributed by atoms with E-state index in [2.05, 4.69) is 61.6 Å². The first-order valence-corrected chi connectivity index (χ1v) is 10.5. The van der Waals surface area contributed by atoms with Gasteiger partial charge in [0.25, 0.3) is 0 Å². The van der Waals surface area contributed by atoms with Gasteiger partial charge in [0.1, 0.15) is 0 Å². The lowest BCUT2D eigenvalue weighted by molar-refractivity contribution is -0.133. The molecule has 4 bridgehead atoms. The zero-order chi connectivity index (χ0) is 18.3. The largest absolute Gasteiger partial charge is 0.355 e. The van der Waals surface area contributed by atoms with Gasteiger partial charge in [0.05, 0.1) is 0 Å². The van der Waals surface area contributed by atoms with E-state index in [-0.39, 0.29) is 11.3 Å². The molecule has 4 aliphatic rings. The van der Waals surface area contributed by atoms with Gasteiger partial charge in [-0.25, -0.2) is 0 Å². The number of carbonyl (C=O) groups is 1. The van der Waals surface area contributed by atoms with Crippen LogP contribution in [0.4, 0.5) is 0 Å². The Morgan fingerprint density at radius 3 is 2.19 bits per heavy atom. The van der Waals surface area contributed by atoms with Gasteiger partial charge in [0.15, 0.2) is 0 Å². The van der Waals surface area contributed by atoms with E-state index in [0.717, 1.165) is 30.8 Å². The first kappa shape index (κ1) is 18.0. The Morgan fingerprint density at radius 2 is 1.65 bits per heavy atom. The number of likely N-dealkylation sites (N-methyl/N-ethyl adjacent to an activating group) is 1. The van der Waals surface area contributed by atoms with E-state index >= 15 is 0 Å². The third kappa shape index (κ3) is 2.98. The molecule has 3 nitrogen and oxygen atoms in total. The topological polar surface area (TPSA) is 32.3 Å². The Hall–Kier alpha value is -1.35. The number of hydrogen-bond acceptors (Lipinski definition) is 2. The Kier molecular flexibility index (Phi) is 4.85. The molecule has 0 atom stereocenters. The molecule has 4 fully saturated rings. The monoisotopic (exact) mass is 354 g/mol. The lowest BCUT2D eigenvalue weighted by Gasteiger charge is -2.63. The molecular weight excluding hydrogens is 320 g/mol. The summed E-state index contributed by atoms with van der Waals surface area (Å²) < 4.78 is 0. The average Bonchev–Trinajstić information content (AvgIpc) is 2.60. The highest BCUT2D eigenvalue weighted by molar-refractivity contribution is 5.78. The molecule has 1 aromatic carbocycles. The van der Waals surface area contributed by atoms with Crippen molar-refractivity contribution < 1.29 is 4.79 Å². The molecule has 0 spiro atoms. The summed E-state index contributed by atoms with van der Waals surface area (Å²) in [6.07, 6.45) is 5.98. The van der Waals surface area contributed by atoms with Gasteiger partial charge in [-0.1, -0.05) is 37.3 Å². The van der Waals surface area contributed by atoms with Crippen LogP contribution < -0.4 is 5.32 Å². The number of amides is 1. The van der Waals surface area contributed by atoms with Crippen molar-refractivity contribution in [1.82, 2.24) is 10.2 Å². The highest BCUT2D eigenvalue weighted by Gasteiger charge is 2.60. The third-order valence-corrected chi connectivity index (χ3v) is 7.94. The molecule has 3 heteroatoms. The molecule has 142 valence electrons. The summed E-state index contributed by atoms with van der Waals surface area (Å²) in [5.74, 6) is 4.30. The third-order valence-electron chi connectivity index (χ3n) is 7.94. The second-order valence-electron chi connectivity index (χ2n) is 9.45. The number of benzene rings is 1. The van der Waals surface area contributed by atoms with E-state index in [4.69, 9.17) is 0 Å². The van der Waals surface area contributed by atoms with Crippen molar-refractivity contribution in [3.05, 3.63) is 35.9 Å². The molecule has 0 aliphatic heterocycles. The fourth-order valence-electron chi connectivity index (χ4n) is 6.62. The van der Waals surface area contributed by atoms with Crippen molar-refractivity contribution >= 4 is 5.91 Å². The number of nitrogens with zero attached hydrogens (tertiary/aromatic N) is 1. The molecule has 1 amide bonds. The van der Waals surface area contributed by atoms with Gasteiger partial charge < -0.3 is 10.2 Å². The predicted molar refractivity (Wildman–Crippen MR) is 106 cm³/mol. The average molecular weight is 355 g/mol. The normalized spacial score (nSPS) is 37.9. The van der Waals surface area contributed by atoms with Crippen LogP contribution >= 0.6 is 0 Å². The summed E-state index contributed by atoms with van der Waals surface area (Å²) in [6.45, 7) is 4.12. The summed E-state index contributed by atoms with van der Waals surface area (Å²) >= 11 is 0. The maximum Gasteiger partial charge on any atom is 0.220 e. The molecule has 4 saturated carbocycles. The molecule has 4 aliphatic carbocycles. The van der Waals surface area contributed by atoms with Crippen LogP contribution in [0.2, 0.25) is 0 Å². The van der Waals surface area contributed by atoms with Crippen LogP contribution in [0.25, 0.3) is 0 Å². The second kappa shape index (κ2) is 6.99. The van der Waals surface area contributed by atoms with Gasteiger partial charge in [-0.3, -0.25) is 4.79 Å². The minimum atomic E-state index is 0.0661. The van der Waals surface area contributed by atoms with E-state index in [9.17, 15) is 4.79 Å². The Labute approximate surface area is 158 Å². The van der Waals surface area contributed by atoms with E-state index in [0.29, 0.717) is 18.3 Å². The van der Waals surface area contributed by atoms with Crippen LogP contribution in [0, 0.1) is 29.6 Å². The molecule has 0 unspecified atom stereocenters. The van der Waals surface area contributed by atoms with Crippen LogP contribution in [0.1, 0.15) is 44.6 Å². The number of nitrogens with one attached hydrogen (secondary N) is 1. The van der Waals surface area contributed by atoms with E-state index in [1.165, 1.54) is 31.2 Å². The van der Waals surface area contributed by atoms with E-state index in [1.54, 1.807) is 0 Å². The van der Waals surface area contributed by atoms with Crippen LogP contribution in [-0.4, -0.2) is 38.0 Å². The van der Waals surface area contributed by atoms with Crippen LogP contribution in [0.5, 0.6) is 0 Å². The zero-order valence-corrected chi connectivity index (χ0v) is 16.6. The lowest BCUT2D eigenvalue weighted by Crippen LogP contribution is -2.59. The van der Waals surface area contributed by atoms with Crippen molar-refractivity contribution in [3.8, 4) is 0 Å². The minimum Gasteiger partial charge on any atom is -0.355 e. The molecule has 26 heavy (non-hydrogen) atoms. The number of carbonyl (C=O) groups excluding carboxylic acids is 1. The highest BCUT2D eigenvalue weighted by Crippen LogP contribution is 2.65. The van der Waals surface area contributed by atoms with Crippen molar-refractivity contribution in [3.63, 3.8) is 0 Å². The molecular formula is C23H34N2O. The van der Waals surface area contributed by atoms with Crippen LogP contribution in [0.15, 0.2) is 30.3 Å². The standard InChI is InChI=1S/C23H34N2O/c1-16-17-11-20-13-18(16)14-21(12-17)23(20,19-7-5-4-6-8-19)15-22(26)24-9-10-25(2)3/h4-8,16-18,20-21H,9-15H2,1-3H3,(H,24,26). The quantitative estimate of drug-likeness (QED) is 0.845. The summed E-state index contributed by atoms with van der Waals surface area (Å²) in [5, 5.41) is 3.20. The summed E-state index contributed by atoms with van der Waals surface area (Å²) in [7, 11) is 4.10. The van der Waals surface area contributed by atoms with Crippen molar-refractivity contribution in [2.24, 2.45) is 29.6 Å². The maximum absolute atomic E-state index is 12.9. The molecule has 5 rings (SSSR count). The van der Waals surface area contributed by atoms with Crippen LogP contribution in [-0.2, 0) is 10.2 Å². The molecule has 0 radical (unpaired) electrons. The molecule has 1 aromatic rings. The molecule has 0 saturated heterocycles. The summed E-state index contributed by atoms with van der Waals surface area (Å²) in [6, 6.07) is 11.0. The van der Waals surface area contributed by atoms with Crippen molar-refractivity contribution in [2.45, 2.75) is 44.4 Å². The molecule has 0 aromatic heterocycles. The van der Waals surface area contributed by atoms with Crippen LogP contribution in [0.3, 0.4) is 0 Å². The maximum atomic E-state index is 12.9. The fourth-order valence-corrected chi connectivity index (χ4v) is 6.62. The van der Waals surface area contributed by atoms with Gasteiger partial charge >= 0.3 is 0 Å². The number of rotatable bonds is 6. The molecule has 1 N–H and O–H groups in total. The highest BCUT2D eigenvalue weighted by atomic mass is 16.1. The van der Waals surface area contributed by atoms with Crippen molar-refractivity contribution in [2.75, 3.05) is 27.2 Å². The Morgan fingerprint density at radius 1 is 1.08 bits per heavy atom. The summed E-state index contributed by atoms with van der Waals surface area (Å²) in [5.41, 5.74) is 1.49. The first-order chi connectivity index (χ1) is 12.5. The van der Waals surface area contributed by atoms with Gasteiger partial charge in [0, 0.05) is 24.9 Å². The van der Waals surface area contributed by atoms with Gasteiger partial charge in [-0.2, -0.15) is 0 Å². The summed E-state index contributed by atoms with van der Waals surface area (Å²) in [4.78, 5) is 15.1. The number of hydrogen-bond donors (Lipinski definition) is 1. The minimum absolute atomic E-state index is 0.0661. The fraction of sp³-hybridized carbons (Fsp3) is 0.696. The van der Waals surface area contributed by atoms with E-state index < -0.39 is 0 Å². The van der Waals surface area contributed by atoms with Gasteiger partial charge in [-0.15, -0.1) is 0 Å². The Balaban J connectivity index is 1.60.